The molecular formula is C27H28Cl2O7. The van der Waals surface area contributed by atoms with Crippen molar-refractivity contribution in [2.75, 3.05) is 19.6 Å². The summed E-state index contributed by atoms with van der Waals surface area (Å²) in [6.07, 6.45) is 3.95. The largest absolute Gasteiger partial charge is 0.496 e. The summed E-state index contributed by atoms with van der Waals surface area (Å²) < 4.78 is 15.8. The number of rotatable bonds is 4. The van der Waals surface area contributed by atoms with Gasteiger partial charge in [0.2, 0.25) is 0 Å². The molecule has 2 aliphatic carbocycles. The minimum Gasteiger partial charge on any atom is -0.496 e. The molecule has 1 heterocycles. The number of carboxylic acid groups (broad SMARTS) is 1. The van der Waals surface area contributed by atoms with Crippen LogP contribution in [0, 0.1) is 11.8 Å². The first kappa shape index (κ1) is 27.6. The number of Topliss-reactive ketones (excluding diaryl/α,β-unsaturated/α-hetero) is 1. The van der Waals surface area contributed by atoms with E-state index in [0.717, 1.165) is 40.4 Å². The molecule has 1 N–H and O–H groups in total. The number of alkyl halides is 2. The molecule has 9 heteroatoms. The summed E-state index contributed by atoms with van der Waals surface area (Å²) in [5.74, 6) is 1.19. The molecule has 0 saturated carbocycles. The summed E-state index contributed by atoms with van der Waals surface area (Å²) in [6, 6.07) is 11.5. The molecule has 1 fully saturated rings. The molecule has 2 aromatic carbocycles. The van der Waals surface area contributed by atoms with Crippen LogP contribution in [-0.4, -0.2) is 42.4 Å². The second kappa shape index (κ2) is 12.8. The van der Waals surface area contributed by atoms with Crippen molar-refractivity contribution in [3.8, 4) is 11.5 Å². The average Bonchev–Trinajstić information content (AvgIpc) is 3.21. The van der Waals surface area contributed by atoms with E-state index in [1.54, 1.807) is 14.2 Å². The molecule has 192 valence electrons. The van der Waals surface area contributed by atoms with Crippen LogP contribution in [0.2, 0.25) is 0 Å². The summed E-state index contributed by atoms with van der Waals surface area (Å²) in [7, 11) is 3.25. The first-order valence-corrected chi connectivity index (χ1v) is 12.5. The fourth-order valence-electron chi connectivity index (χ4n) is 4.69. The SMILES string of the molecule is COc1cccc2c1CC(CC(=O)O)C(=O)C2.COc1cccc2c1CC1CC(=O)OC1=C2.ClCCl. The molecule has 36 heavy (non-hydrogen) atoms. The number of hydrogen-bond acceptors (Lipinski definition) is 6. The van der Waals surface area contributed by atoms with Gasteiger partial charge >= 0.3 is 11.9 Å². The smallest absolute Gasteiger partial charge is 0.311 e. The summed E-state index contributed by atoms with van der Waals surface area (Å²) in [5, 5.41) is 8.97. The molecule has 1 aliphatic heterocycles. The quantitative estimate of drug-likeness (QED) is 0.433. The van der Waals surface area contributed by atoms with Crippen molar-refractivity contribution in [1.29, 1.82) is 0 Å². The van der Waals surface area contributed by atoms with E-state index in [0.29, 0.717) is 19.3 Å². The van der Waals surface area contributed by atoms with Gasteiger partial charge in [0.25, 0.3) is 0 Å². The molecule has 3 aliphatic rings. The summed E-state index contributed by atoms with van der Waals surface area (Å²) >= 11 is 9.53. The highest BCUT2D eigenvalue weighted by Gasteiger charge is 2.34. The molecule has 0 aromatic heterocycles. The molecule has 0 bridgehead atoms. The molecule has 0 amide bonds. The Kier molecular flexibility index (Phi) is 9.79. The molecule has 2 atom stereocenters. The molecule has 2 aromatic rings. The summed E-state index contributed by atoms with van der Waals surface area (Å²) in [4.78, 5) is 33.7. The Balaban J connectivity index is 0.000000181. The maximum Gasteiger partial charge on any atom is 0.311 e. The van der Waals surface area contributed by atoms with E-state index in [1.807, 2.05) is 42.5 Å². The molecule has 1 saturated heterocycles. The summed E-state index contributed by atoms with van der Waals surface area (Å²) in [6.45, 7) is 0. The lowest BCUT2D eigenvalue weighted by Gasteiger charge is -2.23. The average molecular weight is 535 g/mol. The van der Waals surface area contributed by atoms with Crippen LogP contribution in [-0.2, 0) is 38.4 Å². The van der Waals surface area contributed by atoms with Gasteiger partial charge in [0, 0.05) is 23.8 Å². The highest BCUT2D eigenvalue weighted by molar-refractivity contribution is 6.40. The van der Waals surface area contributed by atoms with Crippen LogP contribution in [0.3, 0.4) is 0 Å². The second-order valence-corrected chi connectivity index (χ2v) is 9.30. The lowest BCUT2D eigenvalue weighted by molar-refractivity contribution is -0.140. The first-order valence-electron chi connectivity index (χ1n) is 11.4. The van der Waals surface area contributed by atoms with E-state index in [4.69, 9.17) is 42.5 Å². The zero-order valence-corrected chi connectivity index (χ0v) is 21.6. The van der Waals surface area contributed by atoms with Crippen LogP contribution in [0.5, 0.6) is 11.5 Å². The van der Waals surface area contributed by atoms with E-state index in [-0.39, 0.29) is 29.4 Å². The van der Waals surface area contributed by atoms with Gasteiger partial charge in [-0.05, 0) is 47.7 Å². The van der Waals surface area contributed by atoms with Gasteiger partial charge in [-0.15, -0.1) is 23.2 Å². The van der Waals surface area contributed by atoms with Crippen LogP contribution in [0.25, 0.3) is 6.08 Å². The van der Waals surface area contributed by atoms with E-state index in [2.05, 4.69) is 0 Å². The van der Waals surface area contributed by atoms with Gasteiger partial charge < -0.3 is 19.3 Å². The Morgan fingerprint density at radius 2 is 1.64 bits per heavy atom. The number of carbonyl (C=O) groups excluding carboxylic acids is 2. The standard InChI is InChI=1S/C13H14O4.C13H12O3.CH2Cl2/c1-17-12-4-2-3-8-6-11(14)9(5-10(8)12)7-13(15)16;1-15-11-4-2-3-8-6-12-9(5-10(8)11)7-13(14)16-12;2-1-3/h2-4,9H,5-7H2,1H3,(H,15,16);2-4,6,9H,5,7H2,1H3;1H2. The number of hydrogen-bond donors (Lipinski definition) is 1. The van der Waals surface area contributed by atoms with Crippen LogP contribution in [0.15, 0.2) is 42.2 Å². The number of carbonyl (C=O) groups is 3. The number of ether oxygens (including phenoxy) is 3. The number of esters is 1. The molecule has 0 spiro atoms. The number of ketones is 1. The lowest BCUT2D eigenvalue weighted by atomic mass is 9.81. The minimum absolute atomic E-state index is 0.00755. The van der Waals surface area contributed by atoms with Crippen LogP contribution in [0.4, 0.5) is 0 Å². The fraction of sp³-hybridized carbons (Fsp3) is 0.370. The number of carboxylic acids is 1. The van der Waals surface area contributed by atoms with Crippen molar-refractivity contribution in [2.24, 2.45) is 11.8 Å². The van der Waals surface area contributed by atoms with Gasteiger partial charge in [0.05, 0.1) is 32.4 Å². The monoisotopic (exact) mass is 534 g/mol. The third-order valence-electron chi connectivity index (χ3n) is 6.33. The third-order valence-corrected chi connectivity index (χ3v) is 6.33. The maximum atomic E-state index is 11.8. The summed E-state index contributed by atoms with van der Waals surface area (Å²) in [5.41, 5.74) is 4.20. The topological polar surface area (TPSA) is 99.1 Å². The third kappa shape index (κ3) is 6.59. The van der Waals surface area contributed by atoms with E-state index >= 15 is 0 Å². The van der Waals surface area contributed by atoms with Gasteiger partial charge in [-0.1, -0.05) is 24.3 Å². The van der Waals surface area contributed by atoms with Crippen molar-refractivity contribution in [1.82, 2.24) is 0 Å². The highest BCUT2D eigenvalue weighted by atomic mass is 35.5. The minimum atomic E-state index is -0.929. The van der Waals surface area contributed by atoms with E-state index < -0.39 is 11.9 Å². The number of benzene rings is 2. The van der Waals surface area contributed by atoms with E-state index in [1.165, 1.54) is 5.56 Å². The molecule has 0 radical (unpaired) electrons. The number of fused-ring (bicyclic) bond motifs is 3. The Morgan fingerprint density at radius 3 is 2.28 bits per heavy atom. The van der Waals surface area contributed by atoms with E-state index in [9.17, 15) is 14.4 Å². The van der Waals surface area contributed by atoms with Crippen molar-refractivity contribution >= 4 is 47.0 Å². The van der Waals surface area contributed by atoms with Gasteiger partial charge in [-0.25, -0.2) is 0 Å². The Morgan fingerprint density at radius 1 is 1.00 bits per heavy atom. The first-order chi connectivity index (χ1) is 17.3. The van der Waals surface area contributed by atoms with Gasteiger partial charge in [0.1, 0.15) is 23.0 Å². The van der Waals surface area contributed by atoms with Crippen LogP contribution in [0.1, 0.15) is 35.1 Å². The zero-order valence-electron chi connectivity index (χ0n) is 20.1. The number of aliphatic carboxylic acids is 1. The predicted molar refractivity (Wildman–Crippen MR) is 137 cm³/mol. The Bertz CT molecular complexity index is 1160. The van der Waals surface area contributed by atoms with Gasteiger partial charge in [0.15, 0.2) is 0 Å². The molecule has 5 rings (SSSR count). The van der Waals surface area contributed by atoms with Crippen LogP contribution >= 0.6 is 23.2 Å². The Labute approximate surface area is 219 Å². The molecule has 7 nitrogen and oxygen atoms in total. The van der Waals surface area contributed by atoms with Crippen molar-refractivity contribution < 1.29 is 33.7 Å². The van der Waals surface area contributed by atoms with Crippen molar-refractivity contribution in [2.45, 2.75) is 32.1 Å². The molecular weight excluding hydrogens is 507 g/mol. The Hall–Kier alpha value is -3.03. The van der Waals surface area contributed by atoms with Crippen molar-refractivity contribution in [3.63, 3.8) is 0 Å². The highest BCUT2D eigenvalue weighted by Crippen LogP contribution is 2.39. The maximum absolute atomic E-state index is 11.8. The zero-order chi connectivity index (χ0) is 26.2. The lowest BCUT2D eigenvalue weighted by Crippen LogP contribution is -2.27. The number of allylic oxidation sites excluding steroid dienone is 1. The molecule has 2 unspecified atom stereocenters. The fourth-order valence-corrected chi connectivity index (χ4v) is 4.69. The number of methoxy groups -OCH3 is 2. The van der Waals surface area contributed by atoms with Gasteiger partial charge in [-0.2, -0.15) is 0 Å². The van der Waals surface area contributed by atoms with Gasteiger partial charge in [-0.3, -0.25) is 14.4 Å². The second-order valence-electron chi connectivity index (χ2n) is 8.49. The van der Waals surface area contributed by atoms with Crippen LogP contribution < -0.4 is 9.47 Å². The predicted octanol–water partition coefficient (Wildman–Crippen LogP) is 5.03. The number of halogens is 2. The van der Waals surface area contributed by atoms with Crippen molar-refractivity contribution in [3.05, 3.63) is 64.4 Å². The normalized spacial score (nSPS) is 19.1.